The molecule has 0 amide bonds. The van der Waals surface area contributed by atoms with Crippen LogP contribution in [0.5, 0.6) is 0 Å². The van der Waals surface area contributed by atoms with Crippen LogP contribution >= 0.6 is 0 Å². The van der Waals surface area contributed by atoms with Crippen molar-refractivity contribution >= 4 is 0 Å². The Kier molecular flexibility index (Phi) is 2.51. The van der Waals surface area contributed by atoms with Crippen molar-refractivity contribution < 1.29 is 14.2 Å². The molecule has 0 bridgehead atoms. The van der Waals surface area contributed by atoms with Gasteiger partial charge in [0.25, 0.3) is 0 Å². The Morgan fingerprint density at radius 1 is 1.33 bits per heavy atom. The first-order chi connectivity index (χ1) is 7.13. The monoisotopic (exact) mass is 210 g/mol. The van der Waals surface area contributed by atoms with Gasteiger partial charge in [0.2, 0.25) is 0 Å². The highest BCUT2D eigenvalue weighted by Gasteiger charge is 2.64. The fourth-order valence-corrected chi connectivity index (χ4v) is 2.52. The van der Waals surface area contributed by atoms with E-state index in [0.29, 0.717) is 12.0 Å². The van der Waals surface area contributed by atoms with Crippen molar-refractivity contribution in [3.05, 3.63) is 25.7 Å². The van der Waals surface area contributed by atoms with E-state index in [1.807, 2.05) is 0 Å². The molecule has 3 heteroatoms. The number of hydrogen-bond donors (Lipinski definition) is 0. The first-order valence-electron chi connectivity index (χ1n) is 5.34. The van der Waals surface area contributed by atoms with Gasteiger partial charge in [-0.05, 0) is 6.92 Å². The molecule has 0 radical (unpaired) electrons. The standard InChI is InChI=1S/C12H18O3/c1-5-13-9-7-10-12(4,15-10)8(3)11(9)14-6-2/h5-6,8-11H,1-2,7H2,3-4H3. The minimum atomic E-state index is -0.0330. The molecular weight excluding hydrogens is 192 g/mol. The highest BCUT2D eigenvalue weighted by Crippen LogP contribution is 2.52. The topological polar surface area (TPSA) is 31.0 Å². The molecule has 2 aliphatic rings. The highest BCUT2D eigenvalue weighted by molar-refractivity contribution is 5.11. The summed E-state index contributed by atoms with van der Waals surface area (Å²) in [4.78, 5) is 0. The first-order valence-corrected chi connectivity index (χ1v) is 5.34. The molecule has 0 spiro atoms. The summed E-state index contributed by atoms with van der Waals surface area (Å²) >= 11 is 0. The summed E-state index contributed by atoms with van der Waals surface area (Å²) in [6, 6.07) is 0. The van der Waals surface area contributed by atoms with Crippen molar-refractivity contribution in [2.75, 3.05) is 0 Å². The van der Waals surface area contributed by atoms with Crippen molar-refractivity contribution in [3.8, 4) is 0 Å². The maximum absolute atomic E-state index is 5.70. The van der Waals surface area contributed by atoms with Gasteiger partial charge in [0, 0.05) is 12.3 Å². The maximum Gasteiger partial charge on any atom is 0.140 e. The van der Waals surface area contributed by atoms with E-state index in [1.165, 1.54) is 12.5 Å². The largest absolute Gasteiger partial charge is 0.495 e. The maximum atomic E-state index is 5.70. The fraction of sp³-hybridized carbons (Fsp3) is 0.667. The van der Waals surface area contributed by atoms with E-state index < -0.39 is 0 Å². The van der Waals surface area contributed by atoms with E-state index in [9.17, 15) is 0 Å². The molecule has 0 N–H and O–H groups in total. The average molecular weight is 210 g/mol. The number of hydrogen-bond acceptors (Lipinski definition) is 3. The zero-order chi connectivity index (χ0) is 11.1. The Balaban J connectivity index is 2.12. The smallest absolute Gasteiger partial charge is 0.140 e. The Morgan fingerprint density at radius 3 is 2.60 bits per heavy atom. The number of ether oxygens (including phenoxy) is 3. The van der Waals surface area contributed by atoms with Crippen LogP contribution in [0.25, 0.3) is 0 Å². The van der Waals surface area contributed by atoms with E-state index in [0.717, 1.165) is 6.42 Å². The van der Waals surface area contributed by atoms with Crippen LogP contribution in [-0.4, -0.2) is 23.9 Å². The van der Waals surface area contributed by atoms with E-state index in [-0.39, 0.29) is 17.8 Å². The lowest BCUT2D eigenvalue weighted by molar-refractivity contribution is -0.0564. The summed E-state index contributed by atoms with van der Waals surface area (Å²) in [6.45, 7) is 11.4. The summed E-state index contributed by atoms with van der Waals surface area (Å²) in [6.07, 6.45) is 4.15. The highest BCUT2D eigenvalue weighted by atomic mass is 16.6. The predicted molar refractivity (Wildman–Crippen MR) is 57.2 cm³/mol. The molecule has 0 aromatic carbocycles. The van der Waals surface area contributed by atoms with Gasteiger partial charge in [-0.25, -0.2) is 0 Å². The molecule has 15 heavy (non-hydrogen) atoms. The van der Waals surface area contributed by atoms with Gasteiger partial charge in [-0.1, -0.05) is 20.1 Å². The van der Waals surface area contributed by atoms with E-state index in [4.69, 9.17) is 14.2 Å². The number of epoxide rings is 1. The zero-order valence-corrected chi connectivity index (χ0v) is 9.31. The van der Waals surface area contributed by atoms with Crippen molar-refractivity contribution in [1.82, 2.24) is 0 Å². The zero-order valence-electron chi connectivity index (χ0n) is 9.31. The van der Waals surface area contributed by atoms with Gasteiger partial charge in [0.05, 0.1) is 24.2 Å². The Morgan fingerprint density at radius 2 is 2.00 bits per heavy atom. The Labute approximate surface area is 90.7 Å². The molecule has 5 unspecified atom stereocenters. The van der Waals surface area contributed by atoms with Crippen LogP contribution in [0, 0.1) is 5.92 Å². The van der Waals surface area contributed by atoms with Gasteiger partial charge in [-0.15, -0.1) is 0 Å². The lowest BCUT2D eigenvalue weighted by Gasteiger charge is -2.35. The van der Waals surface area contributed by atoms with E-state index in [1.54, 1.807) is 0 Å². The van der Waals surface area contributed by atoms with Gasteiger partial charge >= 0.3 is 0 Å². The van der Waals surface area contributed by atoms with Crippen LogP contribution in [0.2, 0.25) is 0 Å². The third-order valence-corrected chi connectivity index (χ3v) is 3.71. The summed E-state index contributed by atoms with van der Waals surface area (Å²) in [5.41, 5.74) is -0.0330. The lowest BCUT2D eigenvalue weighted by Crippen LogP contribution is -2.46. The minimum Gasteiger partial charge on any atom is -0.495 e. The summed E-state index contributed by atoms with van der Waals surface area (Å²) in [5.74, 6) is 0.305. The molecule has 1 heterocycles. The lowest BCUT2D eigenvalue weighted by atomic mass is 9.77. The van der Waals surface area contributed by atoms with Crippen molar-refractivity contribution in [2.45, 2.75) is 44.2 Å². The second kappa shape index (κ2) is 3.56. The SMILES string of the molecule is C=COC1CC2OC2(C)C(C)C1OC=C. The van der Waals surface area contributed by atoms with Gasteiger partial charge < -0.3 is 14.2 Å². The fourth-order valence-electron chi connectivity index (χ4n) is 2.52. The van der Waals surface area contributed by atoms with Crippen LogP contribution < -0.4 is 0 Å². The van der Waals surface area contributed by atoms with Gasteiger partial charge in [-0.3, -0.25) is 0 Å². The van der Waals surface area contributed by atoms with Crippen molar-refractivity contribution in [3.63, 3.8) is 0 Å². The second-order valence-corrected chi connectivity index (χ2v) is 4.42. The van der Waals surface area contributed by atoms with Crippen molar-refractivity contribution in [2.24, 2.45) is 5.92 Å². The van der Waals surface area contributed by atoms with Gasteiger partial charge in [-0.2, -0.15) is 0 Å². The molecule has 1 saturated carbocycles. The van der Waals surface area contributed by atoms with Crippen LogP contribution in [0.3, 0.4) is 0 Å². The van der Waals surface area contributed by atoms with Crippen LogP contribution in [-0.2, 0) is 14.2 Å². The summed E-state index contributed by atoms with van der Waals surface area (Å²) < 4.78 is 16.7. The van der Waals surface area contributed by atoms with Crippen LogP contribution in [0.15, 0.2) is 25.7 Å². The molecule has 0 aromatic heterocycles. The molecule has 1 aliphatic heterocycles. The number of rotatable bonds is 4. The van der Waals surface area contributed by atoms with Crippen LogP contribution in [0.1, 0.15) is 20.3 Å². The molecule has 5 atom stereocenters. The van der Waals surface area contributed by atoms with Crippen molar-refractivity contribution in [1.29, 1.82) is 0 Å². The third-order valence-electron chi connectivity index (χ3n) is 3.71. The van der Waals surface area contributed by atoms with Gasteiger partial charge in [0.1, 0.15) is 12.2 Å². The molecular formula is C12H18O3. The Hall–Kier alpha value is -0.960. The van der Waals surface area contributed by atoms with E-state index in [2.05, 4.69) is 27.0 Å². The van der Waals surface area contributed by atoms with Crippen LogP contribution in [0.4, 0.5) is 0 Å². The van der Waals surface area contributed by atoms with Gasteiger partial charge in [0.15, 0.2) is 0 Å². The molecule has 2 fully saturated rings. The molecule has 1 saturated heterocycles. The molecule has 0 aromatic rings. The second-order valence-electron chi connectivity index (χ2n) is 4.42. The normalized spacial score (nSPS) is 47.6. The van der Waals surface area contributed by atoms with E-state index >= 15 is 0 Å². The minimum absolute atomic E-state index is 0.00394. The molecule has 2 rings (SSSR count). The third kappa shape index (κ3) is 1.55. The Bertz CT molecular complexity index is 276. The number of fused-ring (bicyclic) bond motifs is 1. The quantitative estimate of drug-likeness (QED) is 0.526. The summed E-state index contributed by atoms with van der Waals surface area (Å²) in [5, 5.41) is 0. The average Bonchev–Trinajstić information content (AvgIpc) is 2.86. The predicted octanol–water partition coefficient (Wildman–Crippen LogP) is 2.24. The molecule has 1 aliphatic carbocycles. The molecule has 3 nitrogen and oxygen atoms in total. The molecule has 84 valence electrons. The first kappa shape index (κ1) is 10.6. The summed E-state index contributed by atoms with van der Waals surface area (Å²) in [7, 11) is 0.